The first-order valence-electron chi connectivity index (χ1n) is 3.92. The number of thiazole rings is 1. The average molecular weight is 179 g/mol. The van der Waals surface area contributed by atoms with Crippen molar-refractivity contribution in [1.82, 2.24) is 4.98 Å². The van der Waals surface area contributed by atoms with Gasteiger partial charge in [-0.1, -0.05) is 11.3 Å². The van der Waals surface area contributed by atoms with Crippen LogP contribution in [-0.2, 0) is 0 Å². The molecule has 3 heteroatoms. The van der Waals surface area contributed by atoms with Gasteiger partial charge in [-0.05, 0) is 6.92 Å². The summed E-state index contributed by atoms with van der Waals surface area (Å²) in [5.74, 6) is 0. The summed E-state index contributed by atoms with van der Waals surface area (Å²) in [4.78, 5) is 5.57. The topological polar surface area (TPSA) is 17.0 Å². The van der Waals surface area contributed by atoms with E-state index in [0.29, 0.717) is 0 Å². The predicted octanol–water partition coefficient (Wildman–Crippen LogP) is 1.81. The third-order valence-corrected chi connectivity index (χ3v) is 3.16. The Morgan fingerprint density at radius 2 is 2.00 bits per heavy atom. The van der Waals surface area contributed by atoms with E-state index in [0.717, 1.165) is 5.69 Å². The lowest BCUT2D eigenvalue weighted by atomic mass is 10.4. The molecule has 0 fully saturated rings. The van der Waals surface area contributed by atoms with E-state index in [2.05, 4.69) is 28.6 Å². The molecule has 0 N–H and O–H groups in total. The summed E-state index contributed by atoms with van der Waals surface area (Å²) >= 11 is 1.76. The summed E-state index contributed by atoms with van der Waals surface area (Å²) in [7, 11) is 0. The standard InChI is InChI=1S/C9H11N2S/c1-6-4-10-8(3)9-11(6)7(2)5-12-9/h4-5H,1-3H3/q+1. The molecule has 2 heterocycles. The van der Waals surface area contributed by atoms with Gasteiger partial charge in [0.05, 0.1) is 11.6 Å². The maximum absolute atomic E-state index is 4.31. The number of fused-ring (bicyclic) bond motifs is 1. The molecule has 0 radical (unpaired) electrons. The Morgan fingerprint density at radius 1 is 1.25 bits per heavy atom. The Labute approximate surface area is 75.5 Å². The second kappa shape index (κ2) is 2.52. The molecular formula is C9H11N2S+. The van der Waals surface area contributed by atoms with Gasteiger partial charge in [0, 0.05) is 13.8 Å². The lowest BCUT2D eigenvalue weighted by molar-refractivity contribution is -0.523. The van der Waals surface area contributed by atoms with Crippen molar-refractivity contribution in [1.29, 1.82) is 0 Å². The molecule has 0 saturated carbocycles. The Balaban J connectivity index is 2.98. The zero-order chi connectivity index (χ0) is 8.72. The molecule has 0 bridgehead atoms. The van der Waals surface area contributed by atoms with E-state index < -0.39 is 0 Å². The van der Waals surface area contributed by atoms with Crippen LogP contribution < -0.4 is 4.40 Å². The molecule has 0 aromatic carbocycles. The second-order valence-corrected chi connectivity index (χ2v) is 3.86. The minimum absolute atomic E-state index is 1.11. The van der Waals surface area contributed by atoms with Gasteiger partial charge in [-0.25, -0.2) is 4.98 Å². The lowest BCUT2D eigenvalue weighted by Gasteiger charge is -1.91. The SMILES string of the molecule is Cc1ncc(C)[n+]2c(C)csc12. The van der Waals surface area contributed by atoms with Crippen LogP contribution in [-0.4, -0.2) is 4.98 Å². The molecule has 0 aliphatic carbocycles. The Hall–Kier alpha value is -0.960. The van der Waals surface area contributed by atoms with E-state index in [4.69, 9.17) is 0 Å². The van der Waals surface area contributed by atoms with Crippen molar-refractivity contribution in [3.8, 4) is 0 Å². The number of nitrogens with zero attached hydrogens (tertiary/aromatic N) is 2. The van der Waals surface area contributed by atoms with Crippen molar-refractivity contribution in [2.24, 2.45) is 0 Å². The van der Waals surface area contributed by atoms with Gasteiger partial charge in [-0.3, -0.25) is 0 Å². The van der Waals surface area contributed by atoms with Crippen molar-refractivity contribution in [2.75, 3.05) is 0 Å². The molecule has 2 rings (SSSR count). The lowest BCUT2D eigenvalue weighted by Crippen LogP contribution is -2.27. The van der Waals surface area contributed by atoms with Crippen molar-refractivity contribution >= 4 is 16.2 Å². The molecule has 0 aliphatic rings. The Bertz CT molecular complexity index is 431. The molecule has 2 aromatic rings. The molecule has 0 saturated heterocycles. The van der Waals surface area contributed by atoms with E-state index in [9.17, 15) is 0 Å². The molecule has 2 aromatic heterocycles. The van der Waals surface area contributed by atoms with Gasteiger partial charge >= 0.3 is 0 Å². The van der Waals surface area contributed by atoms with Crippen molar-refractivity contribution < 1.29 is 4.40 Å². The highest BCUT2D eigenvalue weighted by Crippen LogP contribution is 2.12. The molecule has 2 nitrogen and oxygen atoms in total. The van der Waals surface area contributed by atoms with Crippen LogP contribution in [0.2, 0.25) is 0 Å². The van der Waals surface area contributed by atoms with Gasteiger partial charge in [0.15, 0.2) is 5.69 Å². The smallest absolute Gasteiger partial charge is 0.247 e. The Kier molecular flexibility index (Phi) is 1.61. The number of hydrogen-bond donors (Lipinski definition) is 0. The van der Waals surface area contributed by atoms with Crippen molar-refractivity contribution in [2.45, 2.75) is 20.8 Å². The minimum Gasteiger partial charge on any atom is -0.247 e. The Morgan fingerprint density at radius 3 is 2.67 bits per heavy atom. The van der Waals surface area contributed by atoms with Gasteiger partial charge in [0.25, 0.3) is 4.83 Å². The highest BCUT2D eigenvalue weighted by molar-refractivity contribution is 7.15. The molecule has 0 aliphatic heterocycles. The van der Waals surface area contributed by atoms with Crippen LogP contribution in [0.3, 0.4) is 0 Å². The van der Waals surface area contributed by atoms with Gasteiger partial charge in [0.1, 0.15) is 5.69 Å². The van der Waals surface area contributed by atoms with Crippen LogP contribution in [0.25, 0.3) is 4.83 Å². The molecule has 62 valence electrons. The van der Waals surface area contributed by atoms with E-state index in [1.165, 1.54) is 16.2 Å². The summed E-state index contributed by atoms with van der Waals surface area (Å²) in [5.41, 5.74) is 3.60. The van der Waals surface area contributed by atoms with Gasteiger partial charge in [-0.2, -0.15) is 0 Å². The first-order chi connectivity index (χ1) is 5.70. The minimum atomic E-state index is 1.11. The molecule has 0 atom stereocenters. The van der Waals surface area contributed by atoms with Crippen LogP contribution in [0.5, 0.6) is 0 Å². The summed E-state index contributed by atoms with van der Waals surface area (Å²) in [6, 6.07) is 0. The third-order valence-electron chi connectivity index (χ3n) is 2.00. The zero-order valence-corrected chi connectivity index (χ0v) is 8.27. The van der Waals surface area contributed by atoms with Crippen LogP contribution in [0, 0.1) is 20.8 Å². The highest BCUT2D eigenvalue weighted by atomic mass is 32.1. The van der Waals surface area contributed by atoms with E-state index >= 15 is 0 Å². The zero-order valence-electron chi connectivity index (χ0n) is 7.46. The monoisotopic (exact) mass is 179 g/mol. The highest BCUT2D eigenvalue weighted by Gasteiger charge is 2.14. The van der Waals surface area contributed by atoms with Gasteiger partial charge in [0.2, 0.25) is 5.69 Å². The van der Waals surface area contributed by atoms with Crippen LogP contribution >= 0.6 is 11.3 Å². The molecule has 0 unspecified atom stereocenters. The summed E-state index contributed by atoms with van der Waals surface area (Å²) < 4.78 is 2.24. The van der Waals surface area contributed by atoms with E-state index in [-0.39, 0.29) is 0 Å². The fourth-order valence-electron chi connectivity index (χ4n) is 1.40. The first-order valence-corrected chi connectivity index (χ1v) is 4.80. The van der Waals surface area contributed by atoms with Crippen molar-refractivity contribution in [3.05, 3.63) is 28.7 Å². The summed E-state index contributed by atoms with van der Waals surface area (Å²) in [6.07, 6.45) is 1.92. The molecular weight excluding hydrogens is 168 g/mol. The number of rotatable bonds is 0. The molecule has 0 spiro atoms. The summed E-state index contributed by atoms with van der Waals surface area (Å²) in [5, 5.41) is 2.16. The quantitative estimate of drug-likeness (QED) is 0.564. The molecule has 12 heavy (non-hydrogen) atoms. The van der Waals surface area contributed by atoms with Crippen molar-refractivity contribution in [3.63, 3.8) is 0 Å². The maximum Gasteiger partial charge on any atom is 0.289 e. The second-order valence-electron chi connectivity index (χ2n) is 3.00. The van der Waals surface area contributed by atoms with Gasteiger partial charge in [-0.15, -0.1) is 4.40 Å². The normalized spacial score (nSPS) is 10.9. The third kappa shape index (κ3) is 0.932. The fourth-order valence-corrected chi connectivity index (χ4v) is 2.40. The van der Waals surface area contributed by atoms with E-state index in [1.807, 2.05) is 13.1 Å². The number of aromatic nitrogens is 2. The predicted molar refractivity (Wildman–Crippen MR) is 49.5 cm³/mol. The number of hydrogen-bond acceptors (Lipinski definition) is 2. The largest absolute Gasteiger partial charge is 0.289 e. The fraction of sp³-hybridized carbons (Fsp3) is 0.333. The van der Waals surface area contributed by atoms with Crippen LogP contribution in [0.4, 0.5) is 0 Å². The van der Waals surface area contributed by atoms with Gasteiger partial charge < -0.3 is 0 Å². The molecule has 0 amide bonds. The van der Waals surface area contributed by atoms with E-state index in [1.54, 1.807) is 11.3 Å². The maximum atomic E-state index is 4.31. The first kappa shape index (κ1) is 7.68. The van der Waals surface area contributed by atoms with Crippen LogP contribution in [0.15, 0.2) is 11.6 Å². The summed E-state index contributed by atoms with van der Waals surface area (Å²) in [6.45, 7) is 6.25. The average Bonchev–Trinajstić information content (AvgIpc) is 2.42. The van der Waals surface area contributed by atoms with Crippen LogP contribution in [0.1, 0.15) is 17.1 Å². The number of aryl methyl sites for hydroxylation is 3.